The van der Waals surface area contributed by atoms with Gasteiger partial charge < -0.3 is 9.47 Å². The second kappa shape index (κ2) is 6.54. The number of carbonyl (C=O) groups is 3. The summed E-state index contributed by atoms with van der Waals surface area (Å²) < 4.78 is 9.91. The highest BCUT2D eigenvalue weighted by Gasteiger charge is 2.61. The van der Waals surface area contributed by atoms with E-state index in [0.717, 1.165) is 12.0 Å². The van der Waals surface area contributed by atoms with E-state index in [1.165, 1.54) is 0 Å². The minimum atomic E-state index is -1.64. The molecule has 3 rings (SSSR count). The van der Waals surface area contributed by atoms with Crippen molar-refractivity contribution in [3.8, 4) is 5.75 Å². The molecule has 2 amide bonds. The van der Waals surface area contributed by atoms with Crippen molar-refractivity contribution >= 4 is 29.2 Å². The number of carbonyl (C=O) groups excluding carboxylic acids is 3. The molecule has 2 aliphatic rings. The van der Waals surface area contributed by atoms with E-state index < -0.39 is 23.3 Å². The summed E-state index contributed by atoms with van der Waals surface area (Å²) in [7, 11) is 1.16. The summed E-state index contributed by atoms with van der Waals surface area (Å²) in [5, 5.41) is 7.04. The Morgan fingerprint density at radius 3 is 2.54 bits per heavy atom. The van der Waals surface area contributed by atoms with Crippen LogP contribution in [0.25, 0.3) is 0 Å². The van der Waals surface area contributed by atoms with Crippen molar-refractivity contribution in [3.63, 3.8) is 0 Å². The molecular formula is C16H16N4O6. The Kier molecular flexibility index (Phi) is 4.41. The lowest BCUT2D eigenvalue weighted by molar-refractivity contribution is -0.132. The summed E-state index contributed by atoms with van der Waals surface area (Å²) >= 11 is 0. The molecule has 0 saturated carbocycles. The molecule has 1 fully saturated rings. The summed E-state index contributed by atoms with van der Waals surface area (Å²) in [5.74, 6) is -1.38. The van der Waals surface area contributed by atoms with E-state index in [0.29, 0.717) is 23.2 Å². The van der Waals surface area contributed by atoms with Gasteiger partial charge in [0.15, 0.2) is 11.3 Å². The van der Waals surface area contributed by atoms with Crippen molar-refractivity contribution in [1.29, 1.82) is 0 Å². The number of hydrogen-bond donors (Lipinski definition) is 0. The average Bonchev–Trinajstić information content (AvgIpc) is 3.13. The molecule has 0 N–H and O–H groups in total. The zero-order valence-corrected chi connectivity index (χ0v) is 14.2. The highest BCUT2D eigenvalue weighted by Crippen LogP contribution is 2.40. The Morgan fingerprint density at radius 2 is 1.96 bits per heavy atom. The first kappa shape index (κ1) is 17.5. The Labute approximate surface area is 148 Å². The molecule has 2 aliphatic heterocycles. The largest absolute Gasteiger partial charge is 0.494 e. The molecule has 0 bridgehead atoms. The van der Waals surface area contributed by atoms with E-state index >= 15 is 0 Å². The fourth-order valence-electron chi connectivity index (χ4n) is 3.06. The van der Waals surface area contributed by atoms with Gasteiger partial charge in [0.05, 0.1) is 31.1 Å². The minimum absolute atomic E-state index is 0.137. The average molecular weight is 360 g/mol. The SMILES string of the molecule is CCOc1ccc(N2C(=O)C[C@]3(CC(C(=O)OC)=NN3N=O)C2=O)cc1. The van der Waals surface area contributed by atoms with Crippen LogP contribution in [0.5, 0.6) is 5.75 Å². The van der Waals surface area contributed by atoms with E-state index in [4.69, 9.17) is 4.74 Å². The van der Waals surface area contributed by atoms with Crippen LogP contribution in [0.1, 0.15) is 19.8 Å². The summed E-state index contributed by atoms with van der Waals surface area (Å²) in [6, 6.07) is 6.39. The predicted molar refractivity (Wildman–Crippen MR) is 89.2 cm³/mol. The first-order chi connectivity index (χ1) is 12.5. The third-order valence-electron chi connectivity index (χ3n) is 4.26. The van der Waals surface area contributed by atoms with E-state index in [9.17, 15) is 19.3 Å². The van der Waals surface area contributed by atoms with E-state index in [2.05, 4.69) is 15.1 Å². The lowest BCUT2D eigenvalue weighted by Gasteiger charge is -2.24. The van der Waals surface area contributed by atoms with Crippen LogP contribution in [0, 0.1) is 4.91 Å². The number of imide groups is 1. The molecule has 10 nitrogen and oxygen atoms in total. The van der Waals surface area contributed by atoms with Crippen molar-refractivity contribution in [1.82, 2.24) is 5.12 Å². The van der Waals surface area contributed by atoms with E-state index in [-0.39, 0.29) is 18.6 Å². The van der Waals surface area contributed by atoms with Gasteiger partial charge in [0.25, 0.3) is 5.91 Å². The van der Waals surface area contributed by atoms with Gasteiger partial charge in [0.2, 0.25) is 5.91 Å². The number of benzene rings is 1. The number of nitroso groups, excluding NO2 is 1. The van der Waals surface area contributed by atoms with E-state index in [1.807, 2.05) is 6.92 Å². The van der Waals surface area contributed by atoms with Crippen LogP contribution in [0.15, 0.2) is 34.7 Å². The standard InChI is InChI=1S/C16H16N4O6/c1-3-26-11-6-4-10(5-7-11)19-13(21)9-16(15(19)23)8-12(14(22)25-2)17-20(16)18-24/h4-7H,3,8-9H2,1-2H3/t16-/m1/s1. The van der Waals surface area contributed by atoms with Gasteiger partial charge in [-0.1, -0.05) is 0 Å². The number of hydrazone groups is 1. The van der Waals surface area contributed by atoms with Crippen LogP contribution in [0.4, 0.5) is 5.69 Å². The minimum Gasteiger partial charge on any atom is -0.494 e. The first-order valence-corrected chi connectivity index (χ1v) is 7.86. The van der Waals surface area contributed by atoms with Gasteiger partial charge in [-0.2, -0.15) is 0 Å². The van der Waals surface area contributed by atoms with Gasteiger partial charge in [-0.05, 0) is 31.2 Å². The van der Waals surface area contributed by atoms with Gasteiger partial charge in [0.1, 0.15) is 5.75 Å². The van der Waals surface area contributed by atoms with Crippen molar-refractivity contribution in [2.75, 3.05) is 18.6 Å². The van der Waals surface area contributed by atoms with Crippen LogP contribution >= 0.6 is 0 Å². The normalized spacial score (nSPS) is 22.0. The molecule has 2 heterocycles. The maximum atomic E-state index is 13.0. The van der Waals surface area contributed by atoms with Gasteiger partial charge >= 0.3 is 5.97 Å². The van der Waals surface area contributed by atoms with Gasteiger partial charge in [0, 0.05) is 6.42 Å². The van der Waals surface area contributed by atoms with Crippen molar-refractivity contribution < 1.29 is 23.9 Å². The second-order valence-corrected chi connectivity index (χ2v) is 5.76. The number of ether oxygens (including phenoxy) is 2. The first-order valence-electron chi connectivity index (χ1n) is 7.86. The summed E-state index contributed by atoms with van der Waals surface area (Å²) in [6.07, 6.45) is -0.557. The molecule has 1 aromatic carbocycles. The highest BCUT2D eigenvalue weighted by molar-refractivity contribution is 6.39. The quantitative estimate of drug-likeness (QED) is 0.437. The van der Waals surface area contributed by atoms with Crippen LogP contribution in [0.3, 0.4) is 0 Å². The lowest BCUT2D eigenvalue weighted by atomic mass is 9.92. The molecule has 0 unspecified atom stereocenters. The monoisotopic (exact) mass is 360 g/mol. The van der Waals surface area contributed by atoms with Gasteiger partial charge in [-0.25, -0.2) is 9.69 Å². The predicted octanol–water partition coefficient (Wildman–Crippen LogP) is 1.00. The number of rotatable bonds is 5. The third kappa shape index (κ3) is 2.59. The smallest absolute Gasteiger partial charge is 0.354 e. The molecule has 10 heteroatoms. The molecular weight excluding hydrogens is 344 g/mol. The Morgan fingerprint density at radius 1 is 1.27 bits per heavy atom. The molecule has 1 aromatic rings. The second-order valence-electron chi connectivity index (χ2n) is 5.76. The molecule has 26 heavy (non-hydrogen) atoms. The highest BCUT2D eigenvalue weighted by atomic mass is 16.5. The summed E-state index contributed by atoms with van der Waals surface area (Å²) in [6.45, 7) is 2.32. The number of esters is 1. The molecule has 0 radical (unpaired) electrons. The third-order valence-corrected chi connectivity index (χ3v) is 4.26. The molecule has 136 valence electrons. The zero-order valence-electron chi connectivity index (χ0n) is 14.2. The van der Waals surface area contributed by atoms with E-state index in [1.54, 1.807) is 24.3 Å². The fraction of sp³-hybridized carbons (Fsp3) is 0.375. The fourth-order valence-corrected chi connectivity index (χ4v) is 3.06. The molecule has 1 atom stereocenters. The Balaban J connectivity index is 1.91. The maximum absolute atomic E-state index is 13.0. The number of amides is 2. The summed E-state index contributed by atoms with van der Waals surface area (Å²) in [5.41, 5.74) is -1.44. The van der Waals surface area contributed by atoms with Crippen LogP contribution in [-0.4, -0.2) is 47.9 Å². The topological polar surface area (TPSA) is 118 Å². The van der Waals surface area contributed by atoms with Crippen LogP contribution < -0.4 is 9.64 Å². The lowest BCUT2D eigenvalue weighted by Crippen LogP contribution is -2.48. The summed E-state index contributed by atoms with van der Waals surface area (Å²) in [4.78, 5) is 49.3. The number of nitrogens with zero attached hydrogens (tertiary/aromatic N) is 4. The molecule has 0 aromatic heterocycles. The number of hydrogen-bond acceptors (Lipinski definition) is 8. The Bertz CT molecular complexity index is 805. The number of anilines is 1. The van der Waals surface area contributed by atoms with Crippen LogP contribution in [0.2, 0.25) is 0 Å². The maximum Gasteiger partial charge on any atom is 0.354 e. The van der Waals surface area contributed by atoms with Crippen molar-refractivity contribution in [2.45, 2.75) is 25.3 Å². The van der Waals surface area contributed by atoms with Crippen LogP contribution in [-0.2, 0) is 19.1 Å². The molecule has 0 aliphatic carbocycles. The van der Waals surface area contributed by atoms with Crippen molar-refractivity contribution in [2.24, 2.45) is 10.4 Å². The zero-order chi connectivity index (χ0) is 18.9. The molecule has 1 spiro atoms. The van der Waals surface area contributed by atoms with Gasteiger partial charge in [-0.3, -0.25) is 9.59 Å². The van der Waals surface area contributed by atoms with Gasteiger partial charge in [-0.15, -0.1) is 15.1 Å². The number of methoxy groups -OCH3 is 1. The Hall–Kier alpha value is -3.30. The van der Waals surface area contributed by atoms with Crippen molar-refractivity contribution in [3.05, 3.63) is 29.2 Å². The molecule has 1 saturated heterocycles.